The number of benzene rings is 7. The average Bonchev–Trinajstić information content (AvgIpc) is 3.46. The van der Waals surface area contributed by atoms with Crippen molar-refractivity contribution in [2.45, 2.75) is 6.54 Å². The van der Waals surface area contributed by atoms with E-state index in [1.165, 1.54) is 16.3 Å². The molecule has 0 atom stereocenters. The molecule has 8 aromatic rings. The summed E-state index contributed by atoms with van der Waals surface area (Å²) in [5.41, 5.74) is 11.6. The fraction of sp³-hybridized carbons (Fsp3) is 0.0222. The van der Waals surface area contributed by atoms with Crippen molar-refractivity contribution in [2.75, 3.05) is 0 Å². The van der Waals surface area contributed by atoms with E-state index in [-0.39, 0.29) is 0 Å². The fourth-order valence-corrected chi connectivity index (χ4v) is 6.38. The van der Waals surface area contributed by atoms with Gasteiger partial charge in [0.05, 0.1) is 33.8 Å². The lowest BCUT2D eigenvalue weighted by Crippen LogP contribution is -2.03. The van der Waals surface area contributed by atoms with Gasteiger partial charge in [-0.05, 0) is 29.8 Å². The molecule has 3 heteroatoms. The van der Waals surface area contributed by atoms with Gasteiger partial charge in [0.2, 0.25) is 0 Å². The third-order valence-corrected chi connectivity index (χ3v) is 8.69. The third-order valence-electron chi connectivity index (χ3n) is 8.69. The van der Waals surface area contributed by atoms with Gasteiger partial charge < -0.3 is 4.57 Å². The molecule has 0 radical (unpaired) electrons. The van der Waals surface area contributed by atoms with Gasteiger partial charge in [-0.15, -0.1) is 0 Å². The predicted octanol–water partition coefficient (Wildman–Crippen LogP) is 11.2. The number of fused-ring (bicyclic) bond motifs is 3. The number of nitrogens with zero attached hydrogens (tertiary/aromatic N) is 3. The Morgan fingerprint density at radius 1 is 0.375 bits per heavy atom. The van der Waals surface area contributed by atoms with E-state index in [2.05, 4.69) is 168 Å². The zero-order valence-electron chi connectivity index (χ0n) is 26.4. The molecule has 0 bridgehead atoms. The van der Waals surface area contributed by atoms with E-state index in [1.807, 2.05) is 24.3 Å². The van der Waals surface area contributed by atoms with Gasteiger partial charge in [-0.25, -0.2) is 9.98 Å². The van der Waals surface area contributed by atoms with Gasteiger partial charge in [0.25, 0.3) is 0 Å². The van der Waals surface area contributed by atoms with Crippen molar-refractivity contribution in [1.82, 2.24) is 4.57 Å². The van der Waals surface area contributed by atoms with Crippen molar-refractivity contribution in [3.8, 4) is 0 Å². The van der Waals surface area contributed by atoms with E-state index >= 15 is 0 Å². The first kappa shape index (κ1) is 29.1. The van der Waals surface area contributed by atoms with Gasteiger partial charge in [0.15, 0.2) is 0 Å². The first-order chi connectivity index (χ1) is 23.8. The molecule has 0 saturated heterocycles. The molecule has 0 spiro atoms. The lowest BCUT2D eigenvalue weighted by Gasteiger charge is -2.11. The first-order valence-corrected chi connectivity index (χ1v) is 16.3. The Kier molecular flexibility index (Phi) is 8.00. The largest absolute Gasteiger partial charge is 0.336 e. The van der Waals surface area contributed by atoms with Gasteiger partial charge in [-0.3, -0.25) is 0 Å². The van der Waals surface area contributed by atoms with E-state index in [0.29, 0.717) is 0 Å². The van der Waals surface area contributed by atoms with Crippen LogP contribution in [0.4, 0.5) is 11.4 Å². The van der Waals surface area contributed by atoms with Crippen LogP contribution in [-0.2, 0) is 6.54 Å². The van der Waals surface area contributed by atoms with Crippen molar-refractivity contribution in [3.63, 3.8) is 0 Å². The average molecular weight is 616 g/mol. The van der Waals surface area contributed by atoms with Crippen LogP contribution in [0.2, 0.25) is 0 Å². The van der Waals surface area contributed by atoms with E-state index in [4.69, 9.17) is 9.98 Å². The zero-order valence-corrected chi connectivity index (χ0v) is 26.4. The summed E-state index contributed by atoms with van der Waals surface area (Å²) in [4.78, 5) is 10.5. The highest BCUT2D eigenvalue weighted by Crippen LogP contribution is 2.35. The van der Waals surface area contributed by atoms with Crippen molar-refractivity contribution in [2.24, 2.45) is 9.98 Å². The summed E-state index contributed by atoms with van der Waals surface area (Å²) in [6, 6.07) is 65.5. The van der Waals surface area contributed by atoms with Crippen molar-refractivity contribution < 1.29 is 0 Å². The van der Waals surface area contributed by atoms with Crippen LogP contribution in [0.5, 0.6) is 0 Å². The summed E-state index contributed by atoms with van der Waals surface area (Å²) < 4.78 is 2.41. The molecule has 7 aromatic carbocycles. The molecule has 0 saturated carbocycles. The summed E-state index contributed by atoms with van der Waals surface area (Å²) in [7, 11) is 0. The number of aliphatic imine (C=N–C) groups is 2. The fourth-order valence-electron chi connectivity index (χ4n) is 6.38. The zero-order chi connectivity index (χ0) is 32.1. The first-order valence-electron chi connectivity index (χ1n) is 16.3. The lowest BCUT2D eigenvalue weighted by molar-refractivity contribution is 0.869. The number of rotatable bonds is 8. The minimum Gasteiger partial charge on any atom is -0.336 e. The van der Waals surface area contributed by atoms with Gasteiger partial charge in [0.1, 0.15) is 0 Å². The maximum absolute atomic E-state index is 5.27. The van der Waals surface area contributed by atoms with Gasteiger partial charge >= 0.3 is 0 Å². The maximum Gasteiger partial charge on any atom is 0.0781 e. The van der Waals surface area contributed by atoms with Crippen LogP contribution in [0.15, 0.2) is 198 Å². The Balaban J connectivity index is 1.31. The predicted molar refractivity (Wildman–Crippen MR) is 201 cm³/mol. The van der Waals surface area contributed by atoms with E-state index in [1.54, 1.807) is 0 Å². The molecule has 228 valence electrons. The second kappa shape index (κ2) is 13.2. The Morgan fingerprint density at radius 2 is 0.708 bits per heavy atom. The molecule has 0 aliphatic rings. The quantitative estimate of drug-likeness (QED) is 0.152. The summed E-state index contributed by atoms with van der Waals surface area (Å²) in [6.07, 6.45) is 0. The molecule has 0 amide bonds. The van der Waals surface area contributed by atoms with Crippen molar-refractivity contribution in [3.05, 3.63) is 216 Å². The molecular formula is C45H33N3. The molecule has 0 unspecified atom stereocenters. The molecule has 1 aromatic heterocycles. The van der Waals surface area contributed by atoms with Crippen molar-refractivity contribution >= 4 is 44.6 Å². The van der Waals surface area contributed by atoms with Crippen LogP contribution < -0.4 is 0 Å². The standard InChI is InChI=1S/C45H33N3/c1-6-16-33(17-7-1)32-48-42-30-38(46-44(34-18-8-2-9-19-34)35-20-10-3-11-21-35)26-28-40(42)41-29-27-39(31-43(41)48)47-45(36-22-12-4-13-23-36)37-24-14-5-15-25-37/h1-31H,32H2. The van der Waals surface area contributed by atoms with E-state index < -0.39 is 0 Å². The highest BCUT2D eigenvalue weighted by Gasteiger charge is 2.15. The van der Waals surface area contributed by atoms with E-state index in [9.17, 15) is 0 Å². The Morgan fingerprint density at radius 3 is 1.06 bits per heavy atom. The topological polar surface area (TPSA) is 29.6 Å². The molecule has 0 N–H and O–H groups in total. The van der Waals surface area contributed by atoms with Gasteiger partial charge in [-0.2, -0.15) is 0 Å². The van der Waals surface area contributed by atoms with Crippen LogP contribution in [0.1, 0.15) is 27.8 Å². The molecule has 1 heterocycles. The SMILES string of the molecule is c1ccc(Cn2c3cc(N=C(c4ccccc4)c4ccccc4)ccc3c3ccc(N=C(c4ccccc4)c4ccccc4)cc32)cc1. The van der Waals surface area contributed by atoms with Gasteiger partial charge in [0, 0.05) is 39.6 Å². The van der Waals surface area contributed by atoms with Crippen LogP contribution in [0.3, 0.4) is 0 Å². The van der Waals surface area contributed by atoms with Crippen LogP contribution in [0, 0.1) is 0 Å². The maximum atomic E-state index is 5.27. The van der Waals surface area contributed by atoms with Crippen molar-refractivity contribution in [1.29, 1.82) is 0 Å². The monoisotopic (exact) mass is 615 g/mol. The molecule has 0 aliphatic carbocycles. The number of hydrogen-bond acceptors (Lipinski definition) is 2. The Hall–Kier alpha value is -6.32. The molecular weight excluding hydrogens is 583 g/mol. The Bertz CT molecular complexity index is 2140. The van der Waals surface area contributed by atoms with Crippen LogP contribution in [0.25, 0.3) is 21.8 Å². The molecule has 3 nitrogen and oxygen atoms in total. The van der Waals surface area contributed by atoms with E-state index in [0.717, 1.165) is 62.6 Å². The summed E-state index contributed by atoms with van der Waals surface area (Å²) in [6.45, 7) is 0.732. The lowest BCUT2D eigenvalue weighted by atomic mass is 10.0. The smallest absolute Gasteiger partial charge is 0.0781 e. The molecule has 0 aliphatic heterocycles. The second-order valence-corrected chi connectivity index (χ2v) is 11.9. The summed E-state index contributed by atoms with van der Waals surface area (Å²) in [5, 5.41) is 2.39. The molecule has 0 fully saturated rings. The highest BCUT2D eigenvalue weighted by atomic mass is 15.0. The normalized spacial score (nSPS) is 11.0. The molecule has 48 heavy (non-hydrogen) atoms. The Labute approximate surface area is 280 Å². The number of aromatic nitrogens is 1. The third kappa shape index (κ3) is 5.97. The van der Waals surface area contributed by atoms with Crippen LogP contribution in [-0.4, -0.2) is 16.0 Å². The van der Waals surface area contributed by atoms with Crippen LogP contribution >= 0.6 is 0 Å². The van der Waals surface area contributed by atoms with Gasteiger partial charge in [-0.1, -0.05) is 164 Å². The molecule has 8 rings (SSSR count). The summed E-state index contributed by atoms with van der Waals surface area (Å²) >= 11 is 0. The second-order valence-electron chi connectivity index (χ2n) is 11.9. The minimum absolute atomic E-state index is 0.732. The number of hydrogen-bond donors (Lipinski definition) is 0. The minimum atomic E-state index is 0.732. The highest BCUT2D eigenvalue weighted by molar-refractivity contribution is 6.16. The summed E-state index contributed by atoms with van der Waals surface area (Å²) in [5.74, 6) is 0.